The van der Waals surface area contributed by atoms with Gasteiger partial charge in [0.1, 0.15) is 5.54 Å². The average Bonchev–Trinajstić information content (AvgIpc) is 2.86. The molecule has 0 heterocycles. The molecule has 0 bridgehead atoms. The fraction of sp³-hybridized carbons (Fsp3) is 0.529. The molecule has 21 heavy (non-hydrogen) atoms. The standard InChI is InChI=1S/C17H23NO3/c1-4-18(17(2,3)16(20)21)15(19)11-12-8-9-13-6-5-7-14(13)10-12/h8-10H,4-7,11H2,1-3H3,(H,20,21). The van der Waals surface area contributed by atoms with Crippen molar-refractivity contribution >= 4 is 11.9 Å². The fourth-order valence-electron chi connectivity index (χ4n) is 3.00. The molecule has 1 N–H and O–H groups in total. The van der Waals surface area contributed by atoms with Gasteiger partial charge in [0.2, 0.25) is 5.91 Å². The first-order valence-electron chi connectivity index (χ1n) is 7.50. The van der Waals surface area contributed by atoms with Crippen molar-refractivity contribution in [2.24, 2.45) is 0 Å². The first-order chi connectivity index (χ1) is 9.86. The van der Waals surface area contributed by atoms with Gasteiger partial charge in [-0.2, -0.15) is 0 Å². The maximum atomic E-state index is 12.5. The molecule has 0 saturated heterocycles. The van der Waals surface area contributed by atoms with Crippen LogP contribution in [0.25, 0.3) is 0 Å². The quantitative estimate of drug-likeness (QED) is 0.905. The Kier molecular flexibility index (Phi) is 4.35. The predicted octanol–water partition coefficient (Wildman–Crippen LogP) is 2.43. The summed E-state index contributed by atoms with van der Waals surface area (Å²) in [5, 5.41) is 9.29. The number of aliphatic carboxylic acids is 1. The van der Waals surface area contributed by atoms with Crippen LogP contribution in [-0.2, 0) is 28.9 Å². The summed E-state index contributed by atoms with van der Waals surface area (Å²) in [6, 6.07) is 6.19. The average molecular weight is 289 g/mol. The van der Waals surface area contributed by atoms with Crippen molar-refractivity contribution in [3.05, 3.63) is 34.9 Å². The Morgan fingerprint density at radius 1 is 1.24 bits per heavy atom. The number of nitrogens with zero attached hydrogens (tertiary/aromatic N) is 1. The number of amides is 1. The summed E-state index contributed by atoms with van der Waals surface area (Å²) in [4.78, 5) is 25.2. The van der Waals surface area contributed by atoms with E-state index < -0.39 is 11.5 Å². The Hall–Kier alpha value is -1.84. The monoisotopic (exact) mass is 289 g/mol. The maximum absolute atomic E-state index is 12.5. The van der Waals surface area contributed by atoms with Crippen molar-refractivity contribution in [3.8, 4) is 0 Å². The summed E-state index contributed by atoms with van der Waals surface area (Å²) in [5.74, 6) is -1.12. The Balaban J connectivity index is 2.14. The number of carbonyl (C=O) groups excluding carboxylic acids is 1. The number of carboxylic acid groups (broad SMARTS) is 1. The van der Waals surface area contributed by atoms with E-state index in [1.807, 2.05) is 13.0 Å². The highest BCUT2D eigenvalue weighted by molar-refractivity contribution is 5.87. The molecule has 2 rings (SSSR count). The van der Waals surface area contributed by atoms with Gasteiger partial charge in [-0.15, -0.1) is 0 Å². The third-order valence-corrected chi connectivity index (χ3v) is 4.33. The second-order valence-corrected chi connectivity index (χ2v) is 6.14. The van der Waals surface area contributed by atoms with Gasteiger partial charge < -0.3 is 10.0 Å². The lowest BCUT2D eigenvalue weighted by Gasteiger charge is -2.34. The van der Waals surface area contributed by atoms with Crippen molar-refractivity contribution in [3.63, 3.8) is 0 Å². The zero-order valence-corrected chi connectivity index (χ0v) is 13.0. The van der Waals surface area contributed by atoms with Gasteiger partial charge in [0, 0.05) is 6.54 Å². The van der Waals surface area contributed by atoms with Crippen molar-refractivity contribution in [2.75, 3.05) is 6.54 Å². The normalized spacial score (nSPS) is 13.9. The van der Waals surface area contributed by atoms with E-state index >= 15 is 0 Å². The van der Waals surface area contributed by atoms with Crippen LogP contribution >= 0.6 is 0 Å². The Bertz CT molecular complexity index is 563. The van der Waals surface area contributed by atoms with E-state index in [-0.39, 0.29) is 12.3 Å². The molecular formula is C17H23NO3. The molecule has 0 aliphatic heterocycles. The second kappa shape index (κ2) is 5.88. The van der Waals surface area contributed by atoms with Gasteiger partial charge >= 0.3 is 5.97 Å². The lowest BCUT2D eigenvalue weighted by Crippen LogP contribution is -2.53. The van der Waals surface area contributed by atoms with Gasteiger partial charge in [-0.1, -0.05) is 18.2 Å². The van der Waals surface area contributed by atoms with Crippen molar-refractivity contribution in [1.29, 1.82) is 0 Å². The smallest absolute Gasteiger partial charge is 0.329 e. The van der Waals surface area contributed by atoms with Crippen LogP contribution in [0, 0.1) is 0 Å². The number of aryl methyl sites for hydroxylation is 2. The van der Waals surface area contributed by atoms with Crippen molar-refractivity contribution in [1.82, 2.24) is 4.90 Å². The van der Waals surface area contributed by atoms with E-state index in [1.165, 1.54) is 22.4 Å². The number of hydrogen-bond donors (Lipinski definition) is 1. The third-order valence-electron chi connectivity index (χ3n) is 4.33. The molecule has 4 nitrogen and oxygen atoms in total. The van der Waals surface area contributed by atoms with E-state index in [9.17, 15) is 14.7 Å². The minimum absolute atomic E-state index is 0.136. The molecule has 0 atom stereocenters. The number of rotatable bonds is 5. The fourth-order valence-corrected chi connectivity index (χ4v) is 3.00. The Morgan fingerprint density at radius 3 is 2.52 bits per heavy atom. The number of hydrogen-bond acceptors (Lipinski definition) is 2. The minimum Gasteiger partial charge on any atom is -0.480 e. The summed E-state index contributed by atoms with van der Waals surface area (Å²) < 4.78 is 0. The van der Waals surface area contributed by atoms with Gasteiger partial charge in [0.05, 0.1) is 6.42 Å². The molecule has 0 radical (unpaired) electrons. The van der Waals surface area contributed by atoms with Crippen molar-refractivity contribution in [2.45, 2.75) is 52.0 Å². The molecule has 1 aromatic rings. The molecule has 4 heteroatoms. The molecule has 1 amide bonds. The van der Waals surface area contributed by atoms with Gasteiger partial charge in [-0.3, -0.25) is 4.79 Å². The first-order valence-corrected chi connectivity index (χ1v) is 7.50. The lowest BCUT2D eigenvalue weighted by atomic mass is 10.00. The van der Waals surface area contributed by atoms with E-state index in [0.29, 0.717) is 6.54 Å². The highest BCUT2D eigenvalue weighted by atomic mass is 16.4. The van der Waals surface area contributed by atoms with Crippen LogP contribution < -0.4 is 0 Å². The summed E-state index contributed by atoms with van der Waals surface area (Å²) in [5.41, 5.74) is 2.51. The predicted molar refractivity (Wildman–Crippen MR) is 81.3 cm³/mol. The molecule has 0 saturated carbocycles. The zero-order chi connectivity index (χ0) is 15.6. The number of likely N-dealkylation sites (N-methyl/N-ethyl adjacent to an activating group) is 1. The summed E-state index contributed by atoms with van der Waals surface area (Å²) >= 11 is 0. The van der Waals surface area contributed by atoms with E-state index in [1.54, 1.807) is 13.8 Å². The Labute approximate surface area is 125 Å². The van der Waals surface area contributed by atoms with Crippen LogP contribution in [0.2, 0.25) is 0 Å². The van der Waals surface area contributed by atoms with Crippen LogP contribution in [-0.4, -0.2) is 34.0 Å². The summed E-state index contributed by atoms with van der Waals surface area (Å²) in [7, 11) is 0. The van der Waals surface area contributed by atoms with Crippen LogP contribution in [0.3, 0.4) is 0 Å². The molecule has 1 aliphatic rings. The van der Waals surface area contributed by atoms with Crippen LogP contribution in [0.1, 0.15) is 43.9 Å². The lowest BCUT2D eigenvalue weighted by molar-refractivity contribution is -0.156. The topological polar surface area (TPSA) is 57.6 Å². The highest BCUT2D eigenvalue weighted by Gasteiger charge is 2.36. The van der Waals surface area contributed by atoms with E-state index in [4.69, 9.17) is 0 Å². The van der Waals surface area contributed by atoms with Crippen LogP contribution in [0.15, 0.2) is 18.2 Å². The SMILES string of the molecule is CCN(C(=O)Cc1ccc2c(c1)CCC2)C(C)(C)C(=O)O. The number of carbonyl (C=O) groups is 2. The highest BCUT2D eigenvalue weighted by Crippen LogP contribution is 2.24. The second-order valence-electron chi connectivity index (χ2n) is 6.14. The summed E-state index contributed by atoms with van der Waals surface area (Å²) in [6.45, 7) is 5.34. The van der Waals surface area contributed by atoms with Crippen LogP contribution in [0.4, 0.5) is 0 Å². The largest absolute Gasteiger partial charge is 0.480 e. The van der Waals surface area contributed by atoms with E-state index in [0.717, 1.165) is 18.4 Å². The maximum Gasteiger partial charge on any atom is 0.329 e. The molecule has 0 spiro atoms. The Morgan fingerprint density at radius 2 is 1.90 bits per heavy atom. The number of fused-ring (bicyclic) bond motifs is 1. The molecule has 1 aromatic carbocycles. The van der Waals surface area contributed by atoms with Gasteiger partial charge in [-0.25, -0.2) is 4.79 Å². The number of carboxylic acids is 1. The summed E-state index contributed by atoms with van der Waals surface area (Å²) in [6.07, 6.45) is 3.64. The molecule has 0 unspecified atom stereocenters. The molecule has 0 aromatic heterocycles. The minimum atomic E-state index is -1.18. The van der Waals surface area contributed by atoms with Crippen molar-refractivity contribution < 1.29 is 14.7 Å². The first kappa shape index (κ1) is 15.5. The number of benzene rings is 1. The van der Waals surface area contributed by atoms with Gasteiger partial charge in [0.25, 0.3) is 0 Å². The molecule has 1 aliphatic carbocycles. The zero-order valence-electron chi connectivity index (χ0n) is 13.0. The molecular weight excluding hydrogens is 266 g/mol. The third kappa shape index (κ3) is 3.09. The molecule has 0 fully saturated rings. The van der Waals surface area contributed by atoms with Crippen LogP contribution in [0.5, 0.6) is 0 Å². The van der Waals surface area contributed by atoms with Gasteiger partial charge in [0.15, 0.2) is 0 Å². The van der Waals surface area contributed by atoms with E-state index in [2.05, 4.69) is 12.1 Å². The molecule has 114 valence electrons. The van der Waals surface area contributed by atoms with Gasteiger partial charge in [-0.05, 0) is 56.7 Å².